The van der Waals surface area contributed by atoms with Crippen LogP contribution in [0.1, 0.15) is 25.0 Å². The highest BCUT2D eigenvalue weighted by molar-refractivity contribution is 7.87. The van der Waals surface area contributed by atoms with Crippen molar-refractivity contribution in [3.63, 3.8) is 0 Å². The molecule has 0 spiro atoms. The highest BCUT2D eigenvalue weighted by Crippen LogP contribution is 2.09. The maximum absolute atomic E-state index is 12.0. The standard InChI is InChI=1S/C13H22N4O3S/c1-10(2)8-15-21(19,20)17(3)9-11-5-4-6-12(7-11)13(14)16-18/h4-7,10,15,18H,8-9H2,1-3H3,(H2,14,16). The molecule has 0 heterocycles. The van der Waals surface area contributed by atoms with Gasteiger partial charge in [-0.3, -0.25) is 0 Å². The summed E-state index contributed by atoms with van der Waals surface area (Å²) in [5, 5.41) is 11.6. The Morgan fingerprint density at radius 2 is 2.14 bits per heavy atom. The number of rotatable bonds is 7. The van der Waals surface area contributed by atoms with Crippen LogP contribution in [0.25, 0.3) is 0 Å². The molecule has 118 valence electrons. The molecule has 1 rings (SSSR count). The normalized spacial score (nSPS) is 13.1. The fraction of sp³-hybridized carbons (Fsp3) is 0.462. The molecule has 0 saturated carbocycles. The maximum Gasteiger partial charge on any atom is 0.279 e. The van der Waals surface area contributed by atoms with Gasteiger partial charge in [0.25, 0.3) is 10.2 Å². The first-order chi connectivity index (χ1) is 9.76. The summed E-state index contributed by atoms with van der Waals surface area (Å²) in [6.07, 6.45) is 0. The van der Waals surface area contributed by atoms with Crippen LogP contribution < -0.4 is 10.5 Å². The van der Waals surface area contributed by atoms with Crippen LogP contribution in [0.5, 0.6) is 0 Å². The summed E-state index contributed by atoms with van der Waals surface area (Å²) in [4.78, 5) is 0. The topological polar surface area (TPSA) is 108 Å². The molecule has 0 unspecified atom stereocenters. The van der Waals surface area contributed by atoms with E-state index in [1.165, 1.54) is 11.4 Å². The second-order valence-electron chi connectivity index (χ2n) is 5.19. The molecule has 1 aromatic rings. The van der Waals surface area contributed by atoms with Gasteiger partial charge in [-0.2, -0.15) is 12.7 Å². The molecular weight excluding hydrogens is 292 g/mol. The van der Waals surface area contributed by atoms with Crippen molar-refractivity contribution >= 4 is 16.0 Å². The molecule has 0 aliphatic carbocycles. The van der Waals surface area contributed by atoms with E-state index in [-0.39, 0.29) is 18.3 Å². The van der Waals surface area contributed by atoms with E-state index in [9.17, 15) is 8.42 Å². The molecule has 4 N–H and O–H groups in total. The number of amidine groups is 1. The third-order valence-electron chi connectivity index (χ3n) is 2.82. The minimum absolute atomic E-state index is 0.0136. The Kier molecular flexibility index (Phi) is 6.13. The minimum atomic E-state index is -3.52. The van der Waals surface area contributed by atoms with Crippen LogP contribution in [0.2, 0.25) is 0 Å². The van der Waals surface area contributed by atoms with Crippen molar-refractivity contribution in [1.82, 2.24) is 9.03 Å². The van der Waals surface area contributed by atoms with Gasteiger partial charge in [0.2, 0.25) is 0 Å². The largest absolute Gasteiger partial charge is 0.409 e. The minimum Gasteiger partial charge on any atom is -0.409 e. The molecule has 0 aromatic heterocycles. The van der Waals surface area contributed by atoms with Gasteiger partial charge in [-0.25, -0.2) is 4.72 Å². The van der Waals surface area contributed by atoms with E-state index in [1.807, 2.05) is 13.8 Å². The molecule has 0 aliphatic heterocycles. The van der Waals surface area contributed by atoms with Gasteiger partial charge in [-0.15, -0.1) is 0 Å². The summed E-state index contributed by atoms with van der Waals surface area (Å²) in [6, 6.07) is 6.88. The molecule has 1 aromatic carbocycles. The Morgan fingerprint density at radius 3 is 2.71 bits per heavy atom. The number of nitrogens with zero attached hydrogens (tertiary/aromatic N) is 2. The van der Waals surface area contributed by atoms with Gasteiger partial charge in [-0.05, 0) is 17.5 Å². The number of nitrogens with two attached hydrogens (primary N) is 1. The molecular formula is C13H22N4O3S. The van der Waals surface area contributed by atoms with Crippen LogP contribution in [0.15, 0.2) is 29.4 Å². The Bertz CT molecular complexity index is 599. The van der Waals surface area contributed by atoms with Crippen LogP contribution >= 0.6 is 0 Å². The van der Waals surface area contributed by atoms with Crippen molar-refractivity contribution in [1.29, 1.82) is 0 Å². The predicted molar refractivity (Wildman–Crippen MR) is 82.2 cm³/mol. The lowest BCUT2D eigenvalue weighted by Gasteiger charge is -2.19. The second kappa shape index (κ2) is 7.39. The van der Waals surface area contributed by atoms with Crippen molar-refractivity contribution in [3.8, 4) is 0 Å². The van der Waals surface area contributed by atoms with Crippen molar-refractivity contribution in [2.75, 3.05) is 13.6 Å². The fourth-order valence-electron chi connectivity index (χ4n) is 1.61. The number of oxime groups is 1. The van der Waals surface area contributed by atoms with E-state index in [0.717, 1.165) is 5.56 Å². The SMILES string of the molecule is CC(C)CNS(=O)(=O)N(C)Cc1cccc(/C(N)=N/O)c1. The second-order valence-corrected chi connectivity index (χ2v) is 7.05. The number of hydrogen-bond acceptors (Lipinski definition) is 4. The molecule has 0 aliphatic rings. The van der Waals surface area contributed by atoms with Crippen LogP contribution in [-0.2, 0) is 16.8 Å². The summed E-state index contributed by atoms with van der Waals surface area (Å²) < 4.78 is 27.8. The zero-order chi connectivity index (χ0) is 16.0. The summed E-state index contributed by atoms with van der Waals surface area (Å²) in [5.74, 6) is 0.220. The molecule has 0 radical (unpaired) electrons. The smallest absolute Gasteiger partial charge is 0.279 e. The fourth-order valence-corrected chi connectivity index (χ4v) is 2.69. The Hall–Kier alpha value is -1.64. The van der Waals surface area contributed by atoms with E-state index in [0.29, 0.717) is 12.1 Å². The molecule has 7 nitrogen and oxygen atoms in total. The Morgan fingerprint density at radius 1 is 1.48 bits per heavy atom. The maximum atomic E-state index is 12.0. The highest BCUT2D eigenvalue weighted by Gasteiger charge is 2.17. The Labute approximate surface area is 125 Å². The average molecular weight is 314 g/mol. The predicted octanol–water partition coefficient (Wildman–Crippen LogP) is 0.703. The molecule has 21 heavy (non-hydrogen) atoms. The molecule has 0 saturated heterocycles. The van der Waals surface area contributed by atoms with Crippen molar-refractivity contribution in [2.24, 2.45) is 16.8 Å². The summed E-state index contributed by atoms with van der Waals surface area (Å²) >= 11 is 0. The summed E-state index contributed by atoms with van der Waals surface area (Å²) in [6.45, 7) is 4.45. The zero-order valence-corrected chi connectivity index (χ0v) is 13.3. The van der Waals surface area contributed by atoms with Crippen molar-refractivity contribution in [3.05, 3.63) is 35.4 Å². The highest BCUT2D eigenvalue weighted by atomic mass is 32.2. The lowest BCUT2D eigenvalue weighted by molar-refractivity contribution is 0.318. The lowest BCUT2D eigenvalue weighted by atomic mass is 10.1. The van der Waals surface area contributed by atoms with Gasteiger partial charge in [0.05, 0.1) is 0 Å². The van der Waals surface area contributed by atoms with E-state index in [4.69, 9.17) is 10.9 Å². The van der Waals surface area contributed by atoms with E-state index >= 15 is 0 Å². The third kappa shape index (κ3) is 5.33. The van der Waals surface area contributed by atoms with E-state index < -0.39 is 10.2 Å². The summed E-state index contributed by atoms with van der Waals surface area (Å²) in [7, 11) is -2.02. The van der Waals surface area contributed by atoms with Crippen molar-refractivity contribution < 1.29 is 13.6 Å². The van der Waals surface area contributed by atoms with Gasteiger partial charge in [0.15, 0.2) is 5.84 Å². The Balaban J connectivity index is 2.81. The zero-order valence-electron chi connectivity index (χ0n) is 12.4. The molecule has 8 heteroatoms. The molecule has 0 atom stereocenters. The van der Waals surface area contributed by atoms with Gasteiger partial charge in [0, 0.05) is 25.7 Å². The first-order valence-corrected chi connectivity index (χ1v) is 7.98. The van der Waals surface area contributed by atoms with Gasteiger partial charge < -0.3 is 10.9 Å². The quantitative estimate of drug-likeness (QED) is 0.298. The number of benzene rings is 1. The van der Waals surface area contributed by atoms with Crippen LogP contribution in [-0.4, -0.2) is 37.4 Å². The number of nitrogens with one attached hydrogen (secondary N) is 1. The van der Waals surface area contributed by atoms with Gasteiger partial charge >= 0.3 is 0 Å². The molecule has 0 fully saturated rings. The monoisotopic (exact) mass is 314 g/mol. The molecule has 0 bridgehead atoms. The van der Waals surface area contributed by atoms with Gasteiger partial charge in [0.1, 0.15) is 0 Å². The lowest BCUT2D eigenvalue weighted by Crippen LogP contribution is -2.39. The first kappa shape index (κ1) is 17.4. The van der Waals surface area contributed by atoms with Crippen LogP contribution in [0.3, 0.4) is 0 Å². The van der Waals surface area contributed by atoms with E-state index in [1.54, 1.807) is 24.3 Å². The van der Waals surface area contributed by atoms with Crippen molar-refractivity contribution in [2.45, 2.75) is 20.4 Å². The average Bonchev–Trinajstić information content (AvgIpc) is 2.44. The van der Waals surface area contributed by atoms with Crippen LogP contribution in [0, 0.1) is 5.92 Å². The third-order valence-corrected chi connectivity index (χ3v) is 4.30. The van der Waals surface area contributed by atoms with Gasteiger partial charge in [-0.1, -0.05) is 37.2 Å². The van der Waals surface area contributed by atoms with E-state index in [2.05, 4.69) is 9.88 Å². The number of hydrogen-bond donors (Lipinski definition) is 3. The summed E-state index contributed by atoms with van der Waals surface area (Å²) in [5.41, 5.74) is 6.80. The molecule has 0 amide bonds. The van der Waals surface area contributed by atoms with Crippen LogP contribution in [0.4, 0.5) is 0 Å². The first-order valence-electron chi connectivity index (χ1n) is 6.54.